The molecule has 0 radical (unpaired) electrons. The smallest absolute Gasteiger partial charge is 0.125 e. The van der Waals surface area contributed by atoms with Crippen LogP contribution in [0.25, 0.3) is 64.5 Å². The molecule has 0 saturated heterocycles. The molecule has 0 aliphatic heterocycles. The van der Waals surface area contributed by atoms with E-state index in [1.54, 1.807) is 11.3 Å². The minimum atomic E-state index is -0.412. The summed E-state index contributed by atoms with van der Waals surface area (Å²) in [6.45, 7) is 0. The van der Waals surface area contributed by atoms with E-state index in [9.17, 15) is 0 Å². The number of hydrogen-bond acceptors (Lipinski definition) is 2. The Balaban J connectivity index is 1.13. The molecule has 2 heterocycles. The molecule has 2 heteroatoms. The Bertz CT molecular complexity index is 2630. The highest BCUT2D eigenvalue weighted by Crippen LogP contribution is 2.56. The molecule has 0 amide bonds. The molecule has 0 saturated carbocycles. The summed E-state index contributed by atoms with van der Waals surface area (Å²) >= 11 is 1.77. The average Bonchev–Trinajstić information content (AvgIpc) is 3.69. The van der Waals surface area contributed by atoms with Gasteiger partial charge in [0.25, 0.3) is 0 Å². The third kappa shape index (κ3) is 3.93. The molecular weight excluding hydrogens is 599 g/mol. The van der Waals surface area contributed by atoms with E-state index in [0.717, 1.165) is 4.83 Å². The number of rotatable bonds is 4. The van der Waals surface area contributed by atoms with Gasteiger partial charge in [0.15, 0.2) is 0 Å². The molecular formula is C46H29NS. The molecule has 1 aliphatic rings. The van der Waals surface area contributed by atoms with Gasteiger partial charge in [-0.1, -0.05) is 146 Å². The zero-order valence-corrected chi connectivity index (χ0v) is 26.9. The van der Waals surface area contributed by atoms with Crippen molar-refractivity contribution in [3.05, 3.63) is 198 Å². The summed E-state index contributed by atoms with van der Waals surface area (Å²) in [7, 11) is 0. The van der Waals surface area contributed by atoms with Crippen LogP contribution in [-0.2, 0) is 5.41 Å². The van der Waals surface area contributed by atoms with Gasteiger partial charge in [-0.05, 0) is 85.3 Å². The highest BCUT2D eigenvalue weighted by molar-refractivity contribution is 7.25. The zero-order chi connectivity index (χ0) is 31.7. The molecule has 0 atom stereocenters. The lowest BCUT2D eigenvalue weighted by atomic mass is 9.67. The van der Waals surface area contributed by atoms with Crippen LogP contribution < -0.4 is 0 Å². The van der Waals surface area contributed by atoms with Crippen molar-refractivity contribution in [1.82, 2.24) is 4.98 Å². The fraction of sp³-hybridized carbons (Fsp3) is 0.0217. The molecule has 48 heavy (non-hydrogen) atoms. The molecule has 0 fully saturated rings. The predicted octanol–water partition coefficient (Wildman–Crippen LogP) is 12.3. The number of nitrogens with zero attached hydrogens (tertiary/aromatic N) is 1. The molecule has 2 aromatic heterocycles. The van der Waals surface area contributed by atoms with Crippen LogP contribution in [0.2, 0.25) is 0 Å². The molecule has 224 valence electrons. The lowest BCUT2D eigenvalue weighted by molar-refractivity contribution is 0.769. The van der Waals surface area contributed by atoms with Crippen molar-refractivity contribution in [1.29, 1.82) is 0 Å². The van der Waals surface area contributed by atoms with Crippen LogP contribution in [0, 0.1) is 0 Å². The van der Waals surface area contributed by atoms with Crippen molar-refractivity contribution in [2.24, 2.45) is 0 Å². The highest BCUT2D eigenvalue weighted by atomic mass is 32.1. The van der Waals surface area contributed by atoms with Crippen LogP contribution in [0.4, 0.5) is 0 Å². The number of fused-ring (bicyclic) bond motifs is 8. The lowest BCUT2D eigenvalue weighted by Gasteiger charge is -2.34. The maximum absolute atomic E-state index is 4.88. The van der Waals surface area contributed by atoms with E-state index in [0.29, 0.717) is 0 Å². The van der Waals surface area contributed by atoms with Crippen molar-refractivity contribution in [2.75, 3.05) is 0 Å². The van der Waals surface area contributed by atoms with Gasteiger partial charge in [-0.25, -0.2) is 4.98 Å². The van der Waals surface area contributed by atoms with Gasteiger partial charge in [0.1, 0.15) is 4.83 Å². The van der Waals surface area contributed by atoms with Crippen LogP contribution in [-0.4, -0.2) is 4.98 Å². The largest absolute Gasteiger partial charge is 0.245 e. The first-order chi connectivity index (χ1) is 23.8. The molecule has 1 aliphatic carbocycles. The van der Waals surface area contributed by atoms with Crippen LogP contribution in [0.5, 0.6) is 0 Å². The third-order valence-corrected chi connectivity index (χ3v) is 11.3. The Labute approximate surface area is 283 Å². The topological polar surface area (TPSA) is 12.9 Å². The van der Waals surface area contributed by atoms with E-state index in [2.05, 4.69) is 170 Å². The van der Waals surface area contributed by atoms with Gasteiger partial charge in [-0.2, -0.15) is 0 Å². The van der Waals surface area contributed by atoms with Gasteiger partial charge < -0.3 is 0 Å². The summed E-state index contributed by atoms with van der Waals surface area (Å²) in [4.78, 5) is 5.98. The van der Waals surface area contributed by atoms with Gasteiger partial charge >= 0.3 is 0 Å². The summed E-state index contributed by atoms with van der Waals surface area (Å²) in [5.74, 6) is 0. The quantitative estimate of drug-likeness (QED) is 0.189. The number of thiophene rings is 1. The van der Waals surface area contributed by atoms with E-state index >= 15 is 0 Å². The van der Waals surface area contributed by atoms with Crippen molar-refractivity contribution in [3.63, 3.8) is 0 Å². The minimum Gasteiger partial charge on any atom is -0.245 e. The Kier molecular flexibility index (Phi) is 6.03. The van der Waals surface area contributed by atoms with Crippen molar-refractivity contribution >= 4 is 42.4 Å². The van der Waals surface area contributed by atoms with Crippen LogP contribution in [0.15, 0.2) is 176 Å². The standard InChI is InChI=1S/C46H29NS/c1-3-14-35(15-4-1)46(36-16-5-2-6-17-36)41-20-9-7-18-38(41)39-25-23-33(28-42(39)46)31-13-11-12-30(26-31)32-22-24-37-34(27-32)29-47-45-44(37)40-19-8-10-21-43(40)48-45/h1-29H. The zero-order valence-electron chi connectivity index (χ0n) is 26.1. The Morgan fingerprint density at radius 3 is 1.85 bits per heavy atom. The van der Waals surface area contributed by atoms with Crippen molar-refractivity contribution in [3.8, 4) is 33.4 Å². The molecule has 0 N–H and O–H groups in total. The lowest BCUT2D eigenvalue weighted by Crippen LogP contribution is -2.28. The summed E-state index contributed by atoms with van der Waals surface area (Å²) in [5.41, 5.74) is 12.2. The highest BCUT2D eigenvalue weighted by Gasteiger charge is 2.46. The Morgan fingerprint density at radius 2 is 1.06 bits per heavy atom. The summed E-state index contributed by atoms with van der Waals surface area (Å²) in [5, 5.41) is 4.97. The normalized spacial score (nSPS) is 13.2. The van der Waals surface area contributed by atoms with Crippen molar-refractivity contribution in [2.45, 2.75) is 5.41 Å². The second-order valence-electron chi connectivity index (χ2n) is 12.7. The van der Waals surface area contributed by atoms with Gasteiger partial charge in [0.2, 0.25) is 0 Å². The van der Waals surface area contributed by atoms with E-state index in [-0.39, 0.29) is 0 Å². The molecule has 1 nitrogen and oxygen atoms in total. The minimum absolute atomic E-state index is 0.412. The summed E-state index contributed by atoms with van der Waals surface area (Å²) in [6, 6.07) is 62.5. The molecule has 7 aromatic carbocycles. The monoisotopic (exact) mass is 627 g/mol. The average molecular weight is 628 g/mol. The van der Waals surface area contributed by atoms with E-state index < -0.39 is 5.41 Å². The SMILES string of the molecule is c1ccc(C2(c3ccccc3)c3ccccc3-c3ccc(-c4cccc(-c5ccc6c(cnc7sc8ccccc8c76)c5)c4)cc32)cc1. The number of hydrogen-bond donors (Lipinski definition) is 0. The summed E-state index contributed by atoms with van der Waals surface area (Å²) in [6.07, 6.45) is 2.03. The number of benzene rings is 7. The third-order valence-electron chi connectivity index (χ3n) is 10.2. The molecule has 0 unspecified atom stereocenters. The van der Waals surface area contributed by atoms with Crippen LogP contribution in [0.3, 0.4) is 0 Å². The first-order valence-electron chi connectivity index (χ1n) is 16.5. The van der Waals surface area contributed by atoms with E-state index in [1.807, 2.05) is 6.20 Å². The second-order valence-corrected chi connectivity index (χ2v) is 13.7. The Hall–Kier alpha value is -5.83. The van der Waals surface area contributed by atoms with E-state index in [1.165, 1.54) is 81.9 Å². The molecule has 0 bridgehead atoms. The molecule has 9 aromatic rings. The number of pyridine rings is 1. The summed E-state index contributed by atoms with van der Waals surface area (Å²) < 4.78 is 1.28. The van der Waals surface area contributed by atoms with Gasteiger partial charge in [-0.15, -0.1) is 11.3 Å². The molecule has 0 spiro atoms. The van der Waals surface area contributed by atoms with Crippen LogP contribution in [0.1, 0.15) is 22.3 Å². The fourth-order valence-electron chi connectivity index (χ4n) is 8.09. The molecule has 10 rings (SSSR count). The van der Waals surface area contributed by atoms with Gasteiger partial charge in [-0.3, -0.25) is 0 Å². The first-order valence-corrected chi connectivity index (χ1v) is 17.3. The van der Waals surface area contributed by atoms with Crippen molar-refractivity contribution < 1.29 is 0 Å². The predicted molar refractivity (Wildman–Crippen MR) is 203 cm³/mol. The Morgan fingerprint density at radius 1 is 0.438 bits per heavy atom. The second kappa shape index (κ2) is 10.6. The van der Waals surface area contributed by atoms with Crippen LogP contribution >= 0.6 is 11.3 Å². The maximum Gasteiger partial charge on any atom is 0.125 e. The first kappa shape index (κ1) is 27.3. The van der Waals surface area contributed by atoms with Gasteiger partial charge in [0, 0.05) is 27.1 Å². The maximum atomic E-state index is 4.88. The van der Waals surface area contributed by atoms with Gasteiger partial charge in [0.05, 0.1) is 5.41 Å². The number of aromatic nitrogens is 1. The van der Waals surface area contributed by atoms with E-state index in [4.69, 9.17) is 4.98 Å². The fourth-order valence-corrected chi connectivity index (χ4v) is 9.15.